The van der Waals surface area contributed by atoms with Gasteiger partial charge >= 0.3 is 85.6 Å². The summed E-state index contributed by atoms with van der Waals surface area (Å²) in [5.74, 6) is 0.330. The first-order valence-corrected chi connectivity index (χ1v) is 59.6. The molecule has 0 aromatic heterocycles. The number of aliphatic hydroxyl groups is 15. The molecule has 0 amide bonds. The molecule has 602 valence electrons. The van der Waals surface area contributed by atoms with Crippen LogP contribution in [0.3, 0.4) is 0 Å². The van der Waals surface area contributed by atoms with Gasteiger partial charge in [-0.05, 0) is 161 Å². The lowest BCUT2D eigenvalue weighted by Gasteiger charge is -2.36. The highest BCUT2D eigenvalue weighted by Crippen LogP contribution is 2.34. The van der Waals surface area contributed by atoms with Gasteiger partial charge in [-0.1, -0.05) is 12.8 Å². The largest absolute Gasteiger partial charge is 0.415 e. The minimum atomic E-state index is -2.84. The molecule has 0 spiro atoms. The number of ether oxygens (including phenoxy) is 2. The van der Waals surface area contributed by atoms with Gasteiger partial charge in [0.15, 0.2) is 0 Å². The Morgan fingerprint density at radius 2 is 0.758 bits per heavy atom. The fourth-order valence-electron chi connectivity index (χ4n) is 10.3. The summed E-state index contributed by atoms with van der Waals surface area (Å²) in [6.07, 6.45) is 0.837. The molecular formula is C57H142O32Si10. The van der Waals surface area contributed by atoms with Crippen molar-refractivity contribution < 1.29 is 153 Å². The van der Waals surface area contributed by atoms with E-state index in [-0.39, 0.29) is 71.6 Å². The van der Waals surface area contributed by atoms with Crippen LogP contribution in [0.25, 0.3) is 0 Å². The van der Waals surface area contributed by atoms with E-state index in [2.05, 4.69) is 0 Å². The van der Waals surface area contributed by atoms with E-state index in [0.29, 0.717) is 99.6 Å². The van der Waals surface area contributed by atoms with Crippen LogP contribution in [-0.2, 0) is 52.2 Å². The summed E-state index contributed by atoms with van der Waals surface area (Å²) in [7, 11) is -19.4. The SMILES string of the molecule is CO[Si](CCO)(CC(O)CO)O[Si](C)(C)O.CO[Si](CCO)(CCC1CCC(O)C(O)C1)O[Si](C)(C)O.CO[Si](CCO)(CCCCC(O)C(C)O)O[Si](C)(C)O.CO[Si](CCO)(CCCOCC(C)(O)C(C)O)O[Si](C)(C)O.CO[Si](CCO)(CCCOCC(O)CO)O[Si](C)(C)O. The zero-order chi connectivity index (χ0) is 77.8. The number of hydrogen-bond acceptors (Lipinski definition) is 32. The summed E-state index contributed by atoms with van der Waals surface area (Å²) in [5, 5.41) is 139. The first-order chi connectivity index (χ1) is 45.4. The fraction of sp³-hybridized carbons (Fsp3) is 1.00. The maximum atomic E-state index is 10.0. The highest BCUT2D eigenvalue weighted by Gasteiger charge is 2.47. The molecule has 1 saturated carbocycles. The number of hydrogen-bond donors (Lipinski definition) is 20. The third-order valence-corrected chi connectivity index (χ3v) is 47.0. The van der Waals surface area contributed by atoms with Crippen LogP contribution in [0.5, 0.6) is 0 Å². The molecule has 0 aliphatic heterocycles. The minimum absolute atomic E-state index is 0.0173. The van der Waals surface area contributed by atoms with E-state index < -0.39 is 134 Å². The van der Waals surface area contributed by atoms with Gasteiger partial charge in [0.1, 0.15) is 11.7 Å². The van der Waals surface area contributed by atoms with Gasteiger partial charge < -0.3 is 153 Å². The summed E-state index contributed by atoms with van der Waals surface area (Å²) in [6, 6.07) is 4.59. The fourth-order valence-corrected chi connectivity index (χ4v) is 43.0. The highest BCUT2D eigenvalue weighted by atomic mass is 28.5. The normalized spacial score (nSPS) is 20.8. The van der Waals surface area contributed by atoms with Crippen LogP contribution in [0.2, 0.25) is 126 Å². The van der Waals surface area contributed by atoms with Gasteiger partial charge in [-0.15, -0.1) is 0 Å². The maximum absolute atomic E-state index is 10.0. The Morgan fingerprint density at radius 1 is 0.424 bits per heavy atom. The molecule has 32 nitrogen and oxygen atoms in total. The first kappa shape index (κ1) is 106. The lowest BCUT2D eigenvalue weighted by atomic mass is 9.84. The first-order valence-electron chi connectivity index (χ1n) is 34.2. The van der Waals surface area contributed by atoms with Crippen LogP contribution >= 0.6 is 0 Å². The highest BCUT2D eigenvalue weighted by molar-refractivity contribution is 6.82. The summed E-state index contributed by atoms with van der Waals surface area (Å²) < 4.78 is 66.9. The van der Waals surface area contributed by atoms with Crippen molar-refractivity contribution in [3.63, 3.8) is 0 Å². The summed E-state index contributed by atoms with van der Waals surface area (Å²) in [4.78, 5) is 49.6. The van der Waals surface area contributed by atoms with Gasteiger partial charge in [0.2, 0.25) is 0 Å². The van der Waals surface area contributed by atoms with Crippen molar-refractivity contribution in [2.75, 3.05) is 108 Å². The monoisotopic (exact) mass is 1620 g/mol. The van der Waals surface area contributed by atoms with Gasteiger partial charge in [0.25, 0.3) is 0 Å². The average molecular weight is 1620 g/mol. The molecule has 0 saturated heterocycles. The van der Waals surface area contributed by atoms with Crippen LogP contribution in [0.15, 0.2) is 0 Å². The van der Waals surface area contributed by atoms with E-state index in [1.807, 2.05) is 0 Å². The van der Waals surface area contributed by atoms with Crippen LogP contribution < -0.4 is 0 Å². The van der Waals surface area contributed by atoms with E-state index in [0.717, 1.165) is 25.7 Å². The van der Waals surface area contributed by atoms with Gasteiger partial charge in [-0.25, -0.2) is 0 Å². The van der Waals surface area contributed by atoms with E-state index in [1.54, 1.807) is 101 Å². The molecule has 0 bridgehead atoms. The Balaban J connectivity index is -0.000000572. The van der Waals surface area contributed by atoms with Gasteiger partial charge in [0, 0.05) is 118 Å². The van der Waals surface area contributed by atoms with Crippen molar-refractivity contribution >= 4 is 85.6 Å². The van der Waals surface area contributed by atoms with Crippen molar-refractivity contribution in [1.29, 1.82) is 0 Å². The zero-order valence-electron chi connectivity index (χ0n) is 63.2. The van der Waals surface area contributed by atoms with Crippen molar-refractivity contribution in [1.82, 2.24) is 0 Å². The minimum Gasteiger partial charge on any atom is -0.415 e. The summed E-state index contributed by atoms with van der Waals surface area (Å²) in [6.45, 7) is 21.1. The molecule has 14 unspecified atom stereocenters. The standard InChI is InChI=1S/C13H32O7Si2.C13H30O6Si2.C12H30O6Si2.C11H28O7Si2.C8H22O6Si2/c1-12(15)13(2,16)11-19-8-6-9-22(18-3,10-7-14)20-21(4,5)17;1-18-21(9-7-14,19-20(2,3)17)8-6-11-4-5-12(15)13(16)10-11;1-11(14)12(15)7-5-6-9-20(17-2,10-8-13)18-19(3,4)16;1-16-20(8-5-12,18-19(2,3)15)7-4-6-17-10-11(14)9-13;1-13-16(5-4-9,7-8(11)6-10)14-15(2,3)12/h12,14-17H,6-11H2,1-5H3;11-17H,4-10H2,1-3H3;11-16H,5-10H2,1-4H3;11-15H,4-10H2,1-3H3;8-12H,4-7H2,1-3H3. The van der Waals surface area contributed by atoms with E-state index >= 15 is 0 Å². The smallest absolute Gasteiger partial charge is 0.334 e. The zero-order valence-corrected chi connectivity index (χ0v) is 73.2. The Bertz CT molecular complexity index is 1930. The molecule has 1 aliphatic carbocycles. The second-order valence-electron chi connectivity index (χ2n) is 27.8. The Hall–Kier alpha value is 0.889. The second-order valence-corrected chi connectivity index (χ2v) is 62.4. The molecule has 1 aliphatic rings. The molecule has 0 aromatic carbocycles. The molecule has 42 heteroatoms. The molecule has 14 atom stereocenters. The molecule has 1 rings (SSSR count). The summed E-state index contributed by atoms with van der Waals surface area (Å²) >= 11 is 0. The number of aliphatic hydroxyl groups excluding tert-OH is 14. The molecular weight excluding hydrogens is 1480 g/mol. The van der Waals surface area contributed by atoms with Crippen LogP contribution in [0.1, 0.15) is 78.6 Å². The quantitative estimate of drug-likeness (QED) is 0.0289. The lowest BCUT2D eigenvalue weighted by Crippen LogP contribution is -2.53. The lowest BCUT2D eigenvalue weighted by molar-refractivity contribution is -0.102. The van der Waals surface area contributed by atoms with Gasteiger partial charge in [0.05, 0.1) is 63.1 Å². The Labute approximate surface area is 602 Å². The van der Waals surface area contributed by atoms with E-state index in [1.165, 1.54) is 21.0 Å². The van der Waals surface area contributed by atoms with Crippen molar-refractivity contribution in [3.8, 4) is 0 Å². The summed E-state index contributed by atoms with van der Waals surface area (Å²) in [5.41, 5.74) is -1.28. The second kappa shape index (κ2) is 53.7. The van der Waals surface area contributed by atoms with Crippen molar-refractivity contribution in [2.45, 2.75) is 253 Å². The van der Waals surface area contributed by atoms with E-state index in [9.17, 15) is 75.0 Å². The predicted octanol–water partition coefficient (Wildman–Crippen LogP) is 0.366. The molecule has 99 heavy (non-hydrogen) atoms. The third-order valence-electron chi connectivity index (χ3n) is 15.5. The Kier molecular flexibility index (Phi) is 57.6. The third kappa shape index (κ3) is 54.2. The molecule has 0 aromatic rings. The van der Waals surface area contributed by atoms with Crippen LogP contribution in [0.4, 0.5) is 0 Å². The van der Waals surface area contributed by atoms with Crippen molar-refractivity contribution in [3.05, 3.63) is 0 Å². The van der Waals surface area contributed by atoms with Crippen molar-refractivity contribution in [2.24, 2.45) is 5.92 Å². The molecule has 1 fully saturated rings. The maximum Gasteiger partial charge on any atom is 0.334 e. The van der Waals surface area contributed by atoms with Gasteiger partial charge in [-0.2, -0.15) is 0 Å². The Morgan fingerprint density at radius 3 is 1.07 bits per heavy atom. The van der Waals surface area contributed by atoms with Crippen LogP contribution in [-0.4, -0.2) is 343 Å². The molecule has 0 heterocycles. The van der Waals surface area contributed by atoms with Gasteiger partial charge in [-0.3, -0.25) is 0 Å². The predicted molar refractivity (Wildman–Crippen MR) is 396 cm³/mol. The number of rotatable bonds is 51. The topological polar surface area (TPSA) is 515 Å². The van der Waals surface area contributed by atoms with Crippen LogP contribution in [0, 0.1) is 5.92 Å². The molecule has 0 radical (unpaired) electrons. The molecule has 20 N–H and O–H groups in total. The number of unbranched alkanes of at least 4 members (excludes halogenated alkanes) is 1. The van der Waals surface area contributed by atoms with E-state index in [4.69, 9.17) is 77.7 Å². The average Bonchev–Trinajstić information content (AvgIpc) is 0.868.